The molecule has 2 rings (SSSR count). The van der Waals surface area contributed by atoms with Crippen LogP contribution in [-0.2, 0) is 0 Å². The van der Waals surface area contributed by atoms with Gasteiger partial charge in [-0.2, -0.15) is 0 Å². The smallest absolute Gasteiger partial charge is 0.159 e. The number of carbonyl (C=O) groups excluding carboxylic acids is 1. The summed E-state index contributed by atoms with van der Waals surface area (Å²) in [7, 11) is 4.13. The van der Waals surface area contributed by atoms with Gasteiger partial charge in [-0.3, -0.25) is 4.79 Å². The van der Waals surface area contributed by atoms with Gasteiger partial charge >= 0.3 is 0 Å². The van der Waals surface area contributed by atoms with Gasteiger partial charge in [-0.1, -0.05) is 0 Å². The second-order valence-electron chi connectivity index (χ2n) is 6.03. The van der Waals surface area contributed by atoms with Gasteiger partial charge in [0.05, 0.1) is 0 Å². The van der Waals surface area contributed by atoms with Crippen LogP contribution in [0.4, 0.5) is 17.3 Å². The molecule has 0 fully saturated rings. The summed E-state index contributed by atoms with van der Waals surface area (Å²) in [5.74, 6) is 2.30. The van der Waals surface area contributed by atoms with Gasteiger partial charge in [0.1, 0.15) is 17.5 Å². The summed E-state index contributed by atoms with van der Waals surface area (Å²) in [6, 6.07) is 9.25. The molecule has 6 heteroatoms. The van der Waals surface area contributed by atoms with Crippen LogP contribution in [0.15, 0.2) is 30.3 Å². The first-order valence-corrected chi connectivity index (χ1v) is 8.06. The predicted octanol–water partition coefficient (Wildman–Crippen LogP) is 3.09. The highest BCUT2D eigenvalue weighted by Gasteiger charge is 2.04. The second kappa shape index (κ2) is 8.40. The third-order valence-corrected chi connectivity index (χ3v) is 3.49. The predicted molar refractivity (Wildman–Crippen MR) is 98.2 cm³/mol. The van der Waals surface area contributed by atoms with Crippen LogP contribution in [0.25, 0.3) is 0 Å². The molecule has 24 heavy (non-hydrogen) atoms. The van der Waals surface area contributed by atoms with E-state index in [0.29, 0.717) is 11.4 Å². The van der Waals surface area contributed by atoms with Crippen LogP contribution >= 0.6 is 0 Å². The lowest BCUT2D eigenvalue weighted by molar-refractivity contribution is 0.101. The van der Waals surface area contributed by atoms with Crippen molar-refractivity contribution < 1.29 is 4.79 Å². The Bertz CT molecular complexity index is 682. The number of aryl methyl sites for hydroxylation is 1. The molecule has 6 nitrogen and oxygen atoms in total. The Hall–Kier alpha value is -2.47. The number of hydrogen-bond donors (Lipinski definition) is 2. The van der Waals surface area contributed by atoms with E-state index in [9.17, 15) is 4.79 Å². The average Bonchev–Trinajstić information content (AvgIpc) is 2.51. The zero-order valence-corrected chi connectivity index (χ0v) is 14.8. The molecule has 0 aliphatic heterocycles. The van der Waals surface area contributed by atoms with E-state index in [4.69, 9.17) is 0 Å². The molecule has 2 N–H and O–H groups in total. The second-order valence-corrected chi connectivity index (χ2v) is 6.03. The first-order valence-electron chi connectivity index (χ1n) is 8.06. The summed E-state index contributed by atoms with van der Waals surface area (Å²) >= 11 is 0. The topological polar surface area (TPSA) is 70.2 Å². The maximum atomic E-state index is 11.3. The number of nitrogens with one attached hydrogen (secondary N) is 2. The lowest BCUT2D eigenvalue weighted by Crippen LogP contribution is -2.16. The minimum Gasteiger partial charge on any atom is -0.370 e. The number of nitrogens with zero attached hydrogens (tertiary/aromatic N) is 3. The van der Waals surface area contributed by atoms with Gasteiger partial charge in [0, 0.05) is 23.9 Å². The van der Waals surface area contributed by atoms with Crippen molar-refractivity contribution in [3.63, 3.8) is 0 Å². The van der Waals surface area contributed by atoms with Crippen molar-refractivity contribution in [2.45, 2.75) is 20.3 Å². The van der Waals surface area contributed by atoms with Crippen LogP contribution < -0.4 is 10.6 Å². The van der Waals surface area contributed by atoms with Crippen molar-refractivity contribution in [1.29, 1.82) is 0 Å². The molecule has 0 radical (unpaired) electrons. The zero-order valence-electron chi connectivity index (χ0n) is 14.8. The molecule has 0 aliphatic carbocycles. The molecular weight excluding hydrogens is 302 g/mol. The van der Waals surface area contributed by atoms with E-state index >= 15 is 0 Å². The number of ketones is 1. The Labute approximate surface area is 143 Å². The molecule has 1 aromatic heterocycles. The Morgan fingerprint density at radius 1 is 1.12 bits per heavy atom. The van der Waals surface area contributed by atoms with E-state index in [1.807, 2.05) is 25.1 Å². The SMILES string of the molecule is CC(=O)c1ccc(Nc2cc(NCCCN(C)C)nc(C)n2)cc1. The average molecular weight is 327 g/mol. The number of anilines is 3. The fourth-order valence-corrected chi connectivity index (χ4v) is 2.27. The zero-order chi connectivity index (χ0) is 17.5. The molecule has 1 heterocycles. The molecule has 0 spiro atoms. The first kappa shape index (κ1) is 17.9. The third kappa shape index (κ3) is 5.62. The molecule has 0 aliphatic rings. The number of aromatic nitrogens is 2. The number of carbonyl (C=O) groups is 1. The normalized spacial score (nSPS) is 10.7. The molecule has 0 saturated heterocycles. The van der Waals surface area contributed by atoms with E-state index in [2.05, 4.69) is 39.6 Å². The Kier molecular flexibility index (Phi) is 6.26. The van der Waals surface area contributed by atoms with Crippen LogP contribution in [0.2, 0.25) is 0 Å². The van der Waals surface area contributed by atoms with E-state index in [1.165, 1.54) is 0 Å². The summed E-state index contributed by atoms with van der Waals surface area (Å²) in [5.41, 5.74) is 1.58. The summed E-state index contributed by atoms with van der Waals surface area (Å²) in [5, 5.41) is 6.58. The maximum absolute atomic E-state index is 11.3. The highest BCUT2D eigenvalue weighted by atomic mass is 16.1. The third-order valence-electron chi connectivity index (χ3n) is 3.49. The van der Waals surface area contributed by atoms with Crippen LogP contribution in [0.3, 0.4) is 0 Å². The molecule has 0 bridgehead atoms. The summed E-state index contributed by atoms with van der Waals surface area (Å²) in [6.45, 7) is 5.32. The van der Waals surface area contributed by atoms with E-state index in [-0.39, 0.29) is 5.78 Å². The van der Waals surface area contributed by atoms with Crippen LogP contribution in [0.5, 0.6) is 0 Å². The van der Waals surface area contributed by atoms with Gasteiger partial charge < -0.3 is 15.5 Å². The minimum absolute atomic E-state index is 0.0589. The van der Waals surface area contributed by atoms with Gasteiger partial charge in [-0.25, -0.2) is 9.97 Å². The van der Waals surface area contributed by atoms with Crippen molar-refractivity contribution >= 4 is 23.1 Å². The van der Waals surface area contributed by atoms with E-state index in [0.717, 1.165) is 36.8 Å². The van der Waals surface area contributed by atoms with Gasteiger partial charge in [-0.05, 0) is 65.2 Å². The van der Waals surface area contributed by atoms with Crippen molar-refractivity contribution in [3.8, 4) is 0 Å². The Morgan fingerprint density at radius 3 is 2.42 bits per heavy atom. The fraction of sp³-hybridized carbons (Fsp3) is 0.389. The van der Waals surface area contributed by atoms with Gasteiger partial charge in [0.25, 0.3) is 0 Å². The highest BCUT2D eigenvalue weighted by molar-refractivity contribution is 5.94. The molecule has 0 saturated carbocycles. The maximum Gasteiger partial charge on any atom is 0.159 e. The molecule has 0 atom stereocenters. The quantitative estimate of drug-likeness (QED) is 0.573. The van der Waals surface area contributed by atoms with Gasteiger partial charge in [0.15, 0.2) is 5.78 Å². The van der Waals surface area contributed by atoms with Crippen molar-refractivity contribution in [3.05, 3.63) is 41.7 Å². The van der Waals surface area contributed by atoms with Gasteiger partial charge in [0.2, 0.25) is 0 Å². The van der Waals surface area contributed by atoms with Crippen molar-refractivity contribution in [1.82, 2.24) is 14.9 Å². The summed E-state index contributed by atoms with van der Waals surface area (Å²) in [6.07, 6.45) is 1.05. The number of rotatable bonds is 8. The standard InChI is InChI=1S/C18H25N5O/c1-13(24)15-6-8-16(9-7-15)22-18-12-17(20-14(2)21-18)19-10-5-11-23(3)4/h6-9,12H,5,10-11H2,1-4H3,(H2,19,20,21,22). The minimum atomic E-state index is 0.0589. The summed E-state index contributed by atoms with van der Waals surface area (Å²) in [4.78, 5) is 22.3. The number of benzene rings is 1. The van der Waals surface area contributed by atoms with Crippen LogP contribution in [-0.4, -0.2) is 47.8 Å². The number of hydrogen-bond acceptors (Lipinski definition) is 6. The van der Waals surface area contributed by atoms with Crippen LogP contribution in [0.1, 0.15) is 29.5 Å². The van der Waals surface area contributed by atoms with Crippen molar-refractivity contribution in [2.24, 2.45) is 0 Å². The lowest BCUT2D eigenvalue weighted by atomic mass is 10.1. The molecule has 0 unspecified atom stereocenters. The van der Waals surface area contributed by atoms with E-state index < -0.39 is 0 Å². The van der Waals surface area contributed by atoms with E-state index in [1.54, 1.807) is 19.1 Å². The van der Waals surface area contributed by atoms with Gasteiger partial charge in [-0.15, -0.1) is 0 Å². The molecule has 2 aromatic rings. The van der Waals surface area contributed by atoms with Crippen molar-refractivity contribution in [2.75, 3.05) is 37.8 Å². The first-order chi connectivity index (χ1) is 11.4. The molecule has 1 aromatic carbocycles. The monoisotopic (exact) mass is 327 g/mol. The van der Waals surface area contributed by atoms with Crippen LogP contribution in [0, 0.1) is 6.92 Å². The number of Topliss-reactive ketones (excluding diaryl/α,β-unsaturated/α-hetero) is 1. The Morgan fingerprint density at radius 2 is 1.79 bits per heavy atom. The Balaban J connectivity index is 2.00. The molecule has 128 valence electrons. The highest BCUT2D eigenvalue weighted by Crippen LogP contribution is 2.18. The summed E-state index contributed by atoms with van der Waals surface area (Å²) < 4.78 is 0. The largest absolute Gasteiger partial charge is 0.370 e. The lowest BCUT2D eigenvalue weighted by Gasteiger charge is -2.12. The molecule has 0 amide bonds. The fourth-order valence-electron chi connectivity index (χ4n) is 2.27. The molecular formula is C18H25N5O.